The molecule has 0 aliphatic rings. The summed E-state index contributed by atoms with van der Waals surface area (Å²) < 4.78 is 86.2. The summed E-state index contributed by atoms with van der Waals surface area (Å²) in [6.45, 7) is 0. The van der Waals surface area contributed by atoms with E-state index in [-0.39, 0.29) is 4.47 Å². The number of amides is 1. The Labute approximate surface area is 116 Å². The minimum Gasteiger partial charge on any atom is -0.325 e. The summed E-state index contributed by atoms with van der Waals surface area (Å²) in [6, 6.07) is 2.45. The molecule has 0 aliphatic carbocycles. The molecule has 0 aromatic heterocycles. The second-order valence-corrected chi connectivity index (χ2v) is 4.49. The van der Waals surface area contributed by atoms with Gasteiger partial charge < -0.3 is 5.32 Å². The second-order valence-electron chi connectivity index (χ2n) is 3.63. The average molecular weight is 368 g/mol. The number of hydrogen-bond donors (Lipinski definition) is 1. The van der Waals surface area contributed by atoms with Crippen LogP contribution < -0.4 is 5.32 Å². The molecule has 1 N–H and O–H groups in total. The Hall–Kier alpha value is -1.32. The molecular weight excluding hydrogens is 363 g/mol. The molecule has 0 spiro atoms. The Balaban J connectivity index is 3.00. The summed E-state index contributed by atoms with van der Waals surface area (Å²) in [5.74, 6) is -7.23. The number of rotatable bonds is 2. The van der Waals surface area contributed by atoms with Gasteiger partial charge in [-0.25, -0.2) is 4.39 Å². The van der Waals surface area contributed by atoms with E-state index in [9.17, 15) is 35.5 Å². The monoisotopic (exact) mass is 367 g/mol. The van der Waals surface area contributed by atoms with Crippen molar-refractivity contribution in [2.24, 2.45) is 5.92 Å². The zero-order valence-corrected chi connectivity index (χ0v) is 10.8. The van der Waals surface area contributed by atoms with Gasteiger partial charge >= 0.3 is 12.4 Å². The molecule has 0 fully saturated rings. The molecule has 0 radical (unpaired) electrons. The quantitative estimate of drug-likeness (QED) is 0.777. The first-order valence-corrected chi connectivity index (χ1v) is 5.61. The number of nitrogens with one attached hydrogen (secondary N) is 1. The van der Waals surface area contributed by atoms with E-state index in [1.54, 1.807) is 0 Å². The normalized spacial score (nSPS) is 12.7. The maximum atomic E-state index is 12.9. The first kappa shape index (κ1) is 16.7. The van der Waals surface area contributed by atoms with Crippen LogP contribution in [0.4, 0.5) is 36.4 Å². The highest BCUT2D eigenvalue weighted by atomic mass is 79.9. The van der Waals surface area contributed by atoms with Crippen LogP contribution in [-0.4, -0.2) is 18.3 Å². The maximum absolute atomic E-state index is 12.9. The summed E-state index contributed by atoms with van der Waals surface area (Å²) in [5.41, 5.74) is -0.401. The van der Waals surface area contributed by atoms with Gasteiger partial charge in [-0.05, 0) is 34.1 Å². The van der Waals surface area contributed by atoms with Crippen molar-refractivity contribution in [1.29, 1.82) is 0 Å². The number of benzene rings is 1. The number of carbonyl (C=O) groups is 1. The fourth-order valence-corrected chi connectivity index (χ4v) is 1.65. The lowest BCUT2D eigenvalue weighted by atomic mass is 10.1. The van der Waals surface area contributed by atoms with Crippen molar-refractivity contribution in [3.8, 4) is 0 Å². The third-order valence-electron chi connectivity index (χ3n) is 2.10. The van der Waals surface area contributed by atoms with Crippen LogP contribution in [0.2, 0.25) is 0 Å². The predicted molar refractivity (Wildman–Crippen MR) is 58.3 cm³/mol. The SMILES string of the molecule is O=C(Nc1ccc(F)c(Br)c1)C(C(F)(F)F)C(F)(F)F. The van der Waals surface area contributed by atoms with E-state index >= 15 is 0 Å². The van der Waals surface area contributed by atoms with Crippen molar-refractivity contribution in [3.63, 3.8) is 0 Å². The van der Waals surface area contributed by atoms with Gasteiger partial charge in [0.15, 0.2) is 0 Å². The molecular formula is C10H5BrF7NO. The molecule has 1 rings (SSSR count). The Morgan fingerprint density at radius 3 is 2.00 bits per heavy atom. The van der Waals surface area contributed by atoms with Gasteiger partial charge in [-0.1, -0.05) is 0 Å². The summed E-state index contributed by atoms with van der Waals surface area (Å²) in [4.78, 5) is 11.1. The van der Waals surface area contributed by atoms with Crippen molar-refractivity contribution >= 4 is 27.5 Å². The molecule has 1 aromatic carbocycles. The molecule has 20 heavy (non-hydrogen) atoms. The highest BCUT2D eigenvalue weighted by Crippen LogP contribution is 2.40. The van der Waals surface area contributed by atoms with Crippen molar-refractivity contribution in [2.75, 3.05) is 5.32 Å². The number of alkyl halides is 6. The summed E-state index contributed by atoms with van der Waals surface area (Å²) >= 11 is 2.68. The van der Waals surface area contributed by atoms with E-state index in [2.05, 4.69) is 15.9 Å². The van der Waals surface area contributed by atoms with E-state index < -0.39 is 35.7 Å². The van der Waals surface area contributed by atoms with Crippen LogP contribution >= 0.6 is 15.9 Å². The van der Waals surface area contributed by atoms with Crippen LogP contribution in [0, 0.1) is 11.7 Å². The van der Waals surface area contributed by atoms with Crippen molar-refractivity contribution in [1.82, 2.24) is 0 Å². The number of anilines is 1. The number of halogens is 8. The maximum Gasteiger partial charge on any atom is 0.409 e. The standard InChI is InChI=1S/C10H5BrF7NO/c11-5-3-4(1-2-6(5)12)19-8(20)7(9(13,14)15)10(16,17)18/h1-3,7H,(H,19,20). The lowest BCUT2D eigenvalue weighted by Gasteiger charge is -2.22. The fourth-order valence-electron chi connectivity index (χ4n) is 1.27. The molecule has 2 nitrogen and oxygen atoms in total. The van der Waals surface area contributed by atoms with E-state index in [1.165, 1.54) is 5.32 Å². The smallest absolute Gasteiger partial charge is 0.325 e. The van der Waals surface area contributed by atoms with Crippen LogP contribution in [0.5, 0.6) is 0 Å². The minimum absolute atomic E-state index is 0.217. The van der Waals surface area contributed by atoms with Crippen LogP contribution in [0.25, 0.3) is 0 Å². The average Bonchev–Trinajstić information content (AvgIpc) is 2.18. The van der Waals surface area contributed by atoms with Crippen molar-refractivity contribution in [2.45, 2.75) is 12.4 Å². The Morgan fingerprint density at radius 2 is 1.60 bits per heavy atom. The molecule has 1 amide bonds. The fraction of sp³-hybridized carbons (Fsp3) is 0.300. The Kier molecular flexibility index (Phi) is 4.67. The topological polar surface area (TPSA) is 29.1 Å². The van der Waals surface area contributed by atoms with Crippen molar-refractivity contribution in [3.05, 3.63) is 28.5 Å². The van der Waals surface area contributed by atoms with E-state index in [4.69, 9.17) is 0 Å². The molecule has 0 saturated carbocycles. The van der Waals surface area contributed by atoms with Crippen molar-refractivity contribution < 1.29 is 35.5 Å². The summed E-state index contributed by atoms with van der Waals surface area (Å²) in [6.07, 6.45) is -11.6. The van der Waals surface area contributed by atoms with Gasteiger partial charge in [0.25, 0.3) is 0 Å². The van der Waals surface area contributed by atoms with Gasteiger partial charge in [-0.2, -0.15) is 26.3 Å². The third-order valence-corrected chi connectivity index (χ3v) is 2.71. The van der Waals surface area contributed by atoms with E-state index in [0.717, 1.165) is 18.2 Å². The van der Waals surface area contributed by atoms with E-state index in [1.807, 2.05) is 0 Å². The van der Waals surface area contributed by atoms with Crippen LogP contribution in [0.1, 0.15) is 0 Å². The van der Waals surface area contributed by atoms with Gasteiger partial charge in [-0.15, -0.1) is 0 Å². The molecule has 112 valence electrons. The number of carbonyl (C=O) groups excluding carboxylic acids is 1. The zero-order valence-electron chi connectivity index (χ0n) is 9.24. The molecule has 1 aromatic rings. The Bertz CT molecular complexity index is 497. The highest BCUT2D eigenvalue weighted by molar-refractivity contribution is 9.10. The third kappa shape index (κ3) is 4.09. The Morgan fingerprint density at radius 1 is 1.10 bits per heavy atom. The van der Waals surface area contributed by atoms with Crippen LogP contribution in [0.3, 0.4) is 0 Å². The molecule has 0 saturated heterocycles. The van der Waals surface area contributed by atoms with Gasteiger partial charge in [0.1, 0.15) is 5.82 Å². The first-order chi connectivity index (χ1) is 8.93. The number of hydrogen-bond acceptors (Lipinski definition) is 1. The second kappa shape index (κ2) is 5.58. The molecule has 0 bridgehead atoms. The van der Waals surface area contributed by atoms with Crippen LogP contribution in [0.15, 0.2) is 22.7 Å². The van der Waals surface area contributed by atoms with E-state index in [0.29, 0.717) is 0 Å². The molecule has 0 unspecified atom stereocenters. The zero-order chi connectivity index (χ0) is 15.7. The molecule has 0 heterocycles. The largest absolute Gasteiger partial charge is 0.409 e. The first-order valence-electron chi connectivity index (χ1n) is 4.82. The lowest BCUT2D eigenvalue weighted by Crippen LogP contribution is -2.45. The minimum atomic E-state index is -5.78. The van der Waals surface area contributed by atoms with Gasteiger partial charge in [0.05, 0.1) is 4.47 Å². The van der Waals surface area contributed by atoms with Gasteiger partial charge in [0.2, 0.25) is 11.8 Å². The molecule has 10 heteroatoms. The lowest BCUT2D eigenvalue weighted by molar-refractivity contribution is -0.272. The summed E-state index contributed by atoms with van der Waals surface area (Å²) in [7, 11) is 0. The summed E-state index contributed by atoms with van der Waals surface area (Å²) in [5, 5.41) is 1.45. The molecule has 0 aliphatic heterocycles. The van der Waals surface area contributed by atoms with Gasteiger partial charge in [-0.3, -0.25) is 4.79 Å². The van der Waals surface area contributed by atoms with Crippen LogP contribution in [-0.2, 0) is 4.79 Å². The predicted octanol–water partition coefficient (Wildman–Crippen LogP) is 4.27. The highest BCUT2D eigenvalue weighted by Gasteiger charge is 2.61. The molecule has 0 atom stereocenters. The van der Waals surface area contributed by atoms with Gasteiger partial charge in [0, 0.05) is 5.69 Å².